The van der Waals surface area contributed by atoms with E-state index in [4.69, 9.17) is 5.11 Å². The van der Waals surface area contributed by atoms with E-state index in [1.807, 2.05) is 13.8 Å². The molecule has 3 amide bonds. The van der Waals surface area contributed by atoms with Crippen LogP contribution in [0.4, 0.5) is 4.79 Å². The average molecular weight is 361 g/mol. The Hall–Kier alpha value is -2.57. The number of benzene rings is 1. The van der Waals surface area contributed by atoms with Crippen LogP contribution in [0.3, 0.4) is 0 Å². The van der Waals surface area contributed by atoms with Crippen molar-refractivity contribution in [2.24, 2.45) is 11.8 Å². The summed E-state index contributed by atoms with van der Waals surface area (Å²) in [5.41, 5.74) is 0.933. The highest BCUT2D eigenvalue weighted by Gasteiger charge is 2.28. The van der Waals surface area contributed by atoms with Crippen molar-refractivity contribution in [1.82, 2.24) is 15.5 Å². The lowest BCUT2D eigenvalue weighted by molar-refractivity contribution is -0.126. The Balaban J connectivity index is 1.86. The number of hydrogen-bond donors (Lipinski definition) is 3. The monoisotopic (exact) mass is 361 g/mol. The molecule has 142 valence electrons. The van der Waals surface area contributed by atoms with E-state index in [0.717, 1.165) is 18.4 Å². The Morgan fingerprint density at radius 1 is 1.27 bits per heavy atom. The van der Waals surface area contributed by atoms with Gasteiger partial charge in [-0.3, -0.25) is 4.79 Å². The number of carboxylic acid groups (broad SMARTS) is 1. The van der Waals surface area contributed by atoms with E-state index >= 15 is 0 Å². The van der Waals surface area contributed by atoms with Crippen molar-refractivity contribution in [3.05, 3.63) is 35.4 Å². The highest BCUT2D eigenvalue weighted by Crippen LogP contribution is 2.17. The number of piperidine rings is 1. The summed E-state index contributed by atoms with van der Waals surface area (Å²) in [6.45, 7) is 6.03. The van der Waals surface area contributed by atoms with Gasteiger partial charge < -0.3 is 20.6 Å². The van der Waals surface area contributed by atoms with Crippen molar-refractivity contribution in [1.29, 1.82) is 0 Å². The van der Waals surface area contributed by atoms with Gasteiger partial charge in [-0.05, 0) is 36.5 Å². The van der Waals surface area contributed by atoms with Gasteiger partial charge in [-0.1, -0.05) is 26.0 Å². The van der Waals surface area contributed by atoms with Gasteiger partial charge in [0.25, 0.3) is 0 Å². The molecule has 1 fully saturated rings. The normalized spacial score (nSPS) is 17.0. The first kappa shape index (κ1) is 19.8. The number of aromatic carboxylic acids is 1. The van der Waals surface area contributed by atoms with E-state index < -0.39 is 5.97 Å². The van der Waals surface area contributed by atoms with Crippen molar-refractivity contribution in [2.75, 3.05) is 19.6 Å². The molecule has 3 N–H and O–H groups in total. The molecule has 0 bridgehead atoms. The molecule has 1 aromatic carbocycles. The summed E-state index contributed by atoms with van der Waals surface area (Å²) < 4.78 is 0. The van der Waals surface area contributed by atoms with Crippen LogP contribution in [-0.4, -0.2) is 47.5 Å². The molecule has 2 rings (SSSR count). The maximum absolute atomic E-state index is 12.4. The zero-order valence-electron chi connectivity index (χ0n) is 15.3. The lowest BCUT2D eigenvalue weighted by Gasteiger charge is -2.32. The van der Waals surface area contributed by atoms with Crippen LogP contribution in [0, 0.1) is 11.8 Å². The van der Waals surface area contributed by atoms with Crippen molar-refractivity contribution in [3.8, 4) is 0 Å². The molecule has 1 aromatic rings. The molecule has 26 heavy (non-hydrogen) atoms. The van der Waals surface area contributed by atoms with Gasteiger partial charge in [-0.2, -0.15) is 0 Å². The number of amides is 3. The molecule has 1 atom stereocenters. The van der Waals surface area contributed by atoms with Gasteiger partial charge >= 0.3 is 12.0 Å². The molecule has 0 radical (unpaired) electrons. The lowest BCUT2D eigenvalue weighted by atomic mass is 9.97. The molecule has 1 aliphatic rings. The summed E-state index contributed by atoms with van der Waals surface area (Å²) >= 11 is 0. The Morgan fingerprint density at radius 2 is 2.04 bits per heavy atom. The number of nitrogens with zero attached hydrogens (tertiary/aromatic N) is 1. The zero-order valence-corrected chi connectivity index (χ0v) is 15.3. The summed E-state index contributed by atoms with van der Waals surface area (Å²) in [4.78, 5) is 37.3. The van der Waals surface area contributed by atoms with E-state index in [9.17, 15) is 14.4 Å². The van der Waals surface area contributed by atoms with Gasteiger partial charge in [-0.15, -0.1) is 0 Å². The standard InChI is InChI=1S/C19H27N3O4/c1-13(2)10-21-19(26)22-8-4-7-16(12-22)17(23)20-11-14-5-3-6-15(9-14)18(24)25/h3,5-6,9,13,16H,4,7-8,10-12H2,1-2H3,(H,20,23)(H,21,26)(H,24,25). The molecule has 0 spiro atoms. The first-order valence-electron chi connectivity index (χ1n) is 8.99. The maximum Gasteiger partial charge on any atom is 0.335 e. The molecular formula is C19H27N3O4. The van der Waals surface area contributed by atoms with Crippen molar-refractivity contribution in [2.45, 2.75) is 33.2 Å². The van der Waals surface area contributed by atoms with Crippen LogP contribution in [-0.2, 0) is 11.3 Å². The molecule has 1 aliphatic heterocycles. The number of likely N-dealkylation sites (tertiary alicyclic amines) is 1. The van der Waals surface area contributed by atoms with Gasteiger partial charge in [0.2, 0.25) is 5.91 Å². The molecule has 1 heterocycles. The predicted molar refractivity (Wildman–Crippen MR) is 97.8 cm³/mol. The van der Waals surface area contributed by atoms with Crippen molar-refractivity contribution >= 4 is 17.9 Å². The van der Waals surface area contributed by atoms with Gasteiger partial charge in [0.05, 0.1) is 11.5 Å². The molecule has 1 saturated heterocycles. The number of hydrogen-bond acceptors (Lipinski definition) is 3. The lowest BCUT2D eigenvalue weighted by Crippen LogP contribution is -2.49. The minimum absolute atomic E-state index is 0.105. The first-order valence-corrected chi connectivity index (χ1v) is 8.99. The molecule has 1 unspecified atom stereocenters. The van der Waals surface area contributed by atoms with Gasteiger partial charge in [0, 0.05) is 26.2 Å². The third kappa shape index (κ3) is 5.75. The van der Waals surface area contributed by atoms with Gasteiger partial charge in [-0.25, -0.2) is 9.59 Å². The molecule has 0 saturated carbocycles. The minimum Gasteiger partial charge on any atom is -0.478 e. The second-order valence-electron chi connectivity index (χ2n) is 7.09. The van der Waals surface area contributed by atoms with E-state index in [1.165, 1.54) is 6.07 Å². The Morgan fingerprint density at radius 3 is 2.73 bits per heavy atom. The average Bonchev–Trinajstić information content (AvgIpc) is 2.64. The van der Waals surface area contributed by atoms with Crippen LogP contribution >= 0.6 is 0 Å². The van der Waals surface area contributed by atoms with E-state index in [2.05, 4.69) is 10.6 Å². The number of rotatable bonds is 6. The second kappa shape index (κ2) is 9.22. The number of nitrogens with one attached hydrogen (secondary N) is 2. The third-order valence-corrected chi connectivity index (χ3v) is 4.38. The maximum atomic E-state index is 12.4. The van der Waals surface area contributed by atoms with Crippen molar-refractivity contribution in [3.63, 3.8) is 0 Å². The van der Waals surface area contributed by atoms with Crippen molar-refractivity contribution < 1.29 is 19.5 Å². The number of carbonyl (C=O) groups excluding carboxylic acids is 2. The van der Waals surface area contributed by atoms with E-state index in [-0.39, 0.29) is 30.0 Å². The molecule has 0 aromatic heterocycles. The third-order valence-electron chi connectivity index (χ3n) is 4.38. The minimum atomic E-state index is -0.992. The van der Waals surface area contributed by atoms with Crippen LogP contribution in [0.15, 0.2) is 24.3 Å². The van der Waals surface area contributed by atoms with E-state index in [1.54, 1.807) is 23.1 Å². The largest absolute Gasteiger partial charge is 0.478 e. The van der Waals surface area contributed by atoms with E-state index in [0.29, 0.717) is 25.6 Å². The highest BCUT2D eigenvalue weighted by atomic mass is 16.4. The number of carbonyl (C=O) groups is 3. The fourth-order valence-corrected chi connectivity index (χ4v) is 2.93. The Bertz CT molecular complexity index is 660. The van der Waals surface area contributed by atoms with Crippen LogP contribution in [0.25, 0.3) is 0 Å². The van der Waals surface area contributed by atoms with Crippen LogP contribution in [0.2, 0.25) is 0 Å². The summed E-state index contributed by atoms with van der Waals surface area (Å²) in [6.07, 6.45) is 1.54. The number of urea groups is 1. The SMILES string of the molecule is CC(C)CNC(=O)N1CCCC(C(=O)NCc2cccc(C(=O)O)c2)C1. The van der Waals surface area contributed by atoms with Gasteiger partial charge in [0.15, 0.2) is 0 Å². The fraction of sp³-hybridized carbons (Fsp3) is 0.526. The smallest absolute Gasteiger partial charge is 0.335 e. The quantitative estimate of drug-likeness (QED) is 0.722. The fourth-order valence-electron chi connectivity index (χ4n) is 2.93. The van der Waals surface area contributed by atoms with Crippen LogP contribution in [0.5, 0.6) is 0 Å². The summed E-state index contributed by atoms with van der Waals surface area (Å²) in [5, 5.41) is 14.8. The zero-order chi connectivity index (χ0) is 19.1. The summed E-state index contributed by atoms with van der Waals surface area (Å²) in [5.74, 6) is -0.957. The number of carboxylic acids is 1. The van der Waals surface area contributed by atoms with Gasteiger partial charge in [0.1, 0.15) is 0 Å². The summed E-state index contributed by atoms with van der Waals surface area (Å²) in [7, 11) is 0. The van der Waals surface area contributed by atoms with Crippen LogP contribution in [0.1, 0.15) is 42.6 Å². The Kier molecular flexibility index (Phi) is 7.00. The first-order chi connectivity index (χ1) is 12.4. The summed E-state index contributed by atoms with van der Waals surface area (Å²) in [6, 6.07) is 6.38. The van der Waals surface area contributed by atoms with Crippen LogP contribution < -0.4 is 10.6 Å². The predicted octanol–water partition coefficient (Wildman–Crippen LogP) is 2.08. The molecule has 7 nitrogen and oxygen atoms in total. The molecular weight excluding hydrogens is 334 g/mol. The molecule has 7 heteroatoms. The highest BCUT2D eigenvalue weighted by molar-refractivity contribution is 5.87. The second-order valence-corrected chi connectivity index (χ2v) is 7.09. The Labute approximate surface area is 153 Å². The topological polar surface area (TPSA) is 98.7 Å². The molecule has 0 aliphatic carbocycles.